The number of ether oxygens (including phenoxy) is 1. The number of esters is 1. The molecule has 2 aromatic rings. The Bertz CT molecular complexity index is 1050. The first kappa shape index (κ1) is 20.8. The lowest BCUT2D eigenvalue weighted by Gasteiger charge is -2.28. The van der Waals surface area contributed by atoms with Crippen molar-refractivity contribution in [1.29, 1.82) is 0 Å². The van der Waals surface area contributed by atoms with Crippen molar-refractivity contribution in [2.45, 2.75) is 38.5 Å². The van der Waals surface area contributed by atoms with Gasteiger partial charge in [0.2, 0.25) is 5.91 Å². The van der Waals surface area contributed by atoms with Crippen molar-refractivity contribution in [3.63, 3.8) is 0 Å². The van der Waals surface area contributed by atoms with Gasteiger partial charge in [-0.2, -0.15) is 0 Å². The Labute approximate surface area is 180 Å². The summed E-state index contributed by atoms with van der Waals surface area (Å²) in [5.74, 6) is -1.53. The molecule has 4 rings (SSSR count). The van der Waals surface area contributed by atoms with Crippen LogP contribution in [0.5, 0.6) is 0 Å². The summed E-state index contributed by atoms with van der Waals surface area (Å²) in [7, 11) is 0. The van der Waals surface area contributed by atoms with E-state index >= 15 is 0 Å². The highest BCUT2D eigenvalue weighted by Gasteiger charge is 2.27. The minimum Gasteiger partial charge on any atom is -0.456 e. The highest BCUT2D eigenvalue weighted by Crippen LogP contribution is 2.29. The summed E-state index contributed by atoms with van der Waals surface area (Å²) in [6.45, 7) is -0.613. The number of para-hydroxylation sites is 2. The van der Waals surface area contributed by atoms with Crippen molar-refractivity contribution in [2.75, 3.05) is 23.4 Å². The lowest BCUT2D eigenvalue weighted by molar-refractivity contribution is -0.147. The normalized spacial score (nSPS) is 14.8. The number of amides is 2. The van der Waals surface area contributed by atoms with Gasteiger partial charge >= 0.3 is 5.97 Å². The Morgan fingerprint density at radius 2 is 1.74 bits per heavy atom. The maximum absolute atomic E-state index is 12.5. The third-order valence-corrected chi connectivity index (χ3v) is 5.65. The van der Waals surface area contributed by atoms with Crippen LogP contribution in [0.4, 0.5) is 11.4 Å². The van der Waals surface area contributed by atoms with Gasteiger partial charge in [0.1, 0.15) is 6.54 Å². The van der Waals surface area contributed by atoms with Crippen LogP contribution in [0.15, 0.2) is 42.5 Å². The van der Waals surface area contributed by atoms with Crippen LogP contribution in [-0.2, 0) is 32.0 Å². The molecule has 2 aliphatic rings. The molecule has 2 aromatic carbocycles. The lowest BCUT2D eigenvalue weighted by atomic mass is 9.89. The summed E-state index contributed by atoms with van der Waals surface area (Å²) in [4.78, 5) is 50.2. The number of carbonyl (C=O) groups is 4. The van der Waals surface area contributed by atoms with E-state index in [4.69, 9.17) is 4.74 Å². The molecule has 160 valence electrons. The molecule has 7 heteroatoms. The number of carbonyl (C=O) groups excluding carboxylic acids is 4. The number of Topliss-reactive ketones (excluding diaryl/α,β-unsaturated/α-hetero) is 1. The quantitative estimate of drug-likeness (QED) is 0.573. The van der Waals surface area contributed by atoms with Crippen LogP contribution in [0.1, 0.15) is 47.2 Å². The van der Waals surface area contributed by atoms with Gasteiger partial charge in [0.15, 0.2) is 12.4 Å². The zero-order chi connectivity index (χ0) is 21.8. The second kappa shape index (κ2) is 9.12. The molecule has 0 bridgehead atoms. The van der Waals surface area contributed by atoms with E-state index in [9.17, 15) is 19.2 Å². The van der Waals surface area contributed by atoms with Crippen LogP contribution in [0.2, 0.25) is 0 Å². The maximum atomic E-state index is 12.5. The van der Waals surface area contributed by atoms with Crippen molar-refractivity contribution < 1.29 is 23.9 Å². The topological polar surface area (TPSA) is 92.8 Å². The van der Waals surface area contributed by atoms with Crippen LogP contribution in [-0.4, -0.2) is 36.7 Å². The van der Waals surface area contributed by atoms with E-state index in [1.807, 2.05) is 18.2 Å². The number of hydrogen-bond donors (Lipinski definition) is 1. The molecular formula is C24H24N2O5. The molecule has 0 saturated carbocycles. The van der Waals surface area contributed by atoms with Crippen LogP contribution < -0.4 is 10.2 Å². The largest absolute Gasteiger partial charge is 0.456 e. The summed E-state index contributed by atoms with van der Waals surface area (Å²) >= 11 is 0. The molecule has 1 heterocycles. The molecule has 0 fully saturated rings. The van der Waals surface area contributed by atoms with Crippen molar-refractivity contribution in [3.05, 3.63) is 59.2 Å². The van der Waals surface area contributed by atoms with E-state index in [1.54, 1.807) is 24.3 Å². The fraction of sp³-hybridized carbons (Fsp3) is 0.333. The summed E-state index contributed by atoms with van der Waals surface area (Å²) in [5.41, 5.74) is 4.23. The monoisotopic (exact) mass is 420 g/mol. The standard InChI is InChI=1S/C24H24N2O5/c27-21(18-10-9-16-5-1-2-6-17(16)13-18)11-12-24(30)31-15-23(29)26-14-22(28)25-19-7-3-4-8-20(19)26/h3-4,7-10,13H,1-2,5-6,11-12,14-15H2,(H,25,28). The molecule has 0 spiro atoms. The van der Waals surface area contributed by atoms with Gasteiger partial charge in [-0.1, -0.05) is 24.3 Å². The van der Waals surface area contributed by atoms with Crippen molar-refractivity contribution in [3.8, 4) is 0 Å². The maximum Gasteiger partial charge on any atom is 0.306 e. The minimum absolute atomic E-state index is 0.0285. The number of nitrogens with one attached hydrogen (secondary N) is 1. The van der Waals surface area contributed by atoms with Gasteiger partial charge in [-0.3, -0.25) is 24.1 Å². The summed E-state index contributed by atoms with van der Waals surface area (Å²) < 4.78 is 5.07. The Hall–Kier alpha value is -3.48. The summed E-state index contributed by atoms with van der Waals surface area (Å²) in [6, 6.07) is 12.7. The molecule has 0 atom stereocenters. The molecule has 0 unspecified atom stereocenters. The number of benzene rings is 2. The number of hydrogen-bond acceptors (Lipinski definition) is 5. The summed E-state index contributed by atoms with van der Waals surface area (Å²) in [5, 5.41) is 2.70. The predicted molar refractivity (Wildman–Crippen MR) is 115 cm³/mol. The average molecular weight is 420 g/mol. The second-order valence-corrected chi connectivity index (χ2v) is 7.82. The van der Waals surface area contributed by atoms with E-state index in [-0.39, 0.29) is 31.1 Å². The highest BCUT2D eigenvalue weighted by atomic mass is 16.5. The Balaban J connectivity index is 1.28. The molecule has 2 amide bonds. The van der Waals surface area contributed by atoms with Crippen LogP contribution in [0.25, 0.3) is 0 Å². The minimum atomic E-state index is -0.616. The number of nitrogens with zero attached hydrogens (tertiary/aromatic N) is 1. The van der Waals surface area contributed by atoms with Crippen molar-refractivity contribution >= 4 is 34.9 Å². The zero-order valence-electron chi connectivity index (χ0n) is 17.2. The SMILES string of the molecule is O=C1CN(C(=O)COC(=O)CCC(=O)c2ccc3c(c2)CCCC3)c2ccccc2N1. The average Bonchev–Trinajstić information content (AvgIpc) is 2.80. The summed E-state index contributed by atoms with van der Waals surface area (Å²) in [6.07, 6.45) is 4.28. The number of rotatable bonds is 6. The van der Waals surface area contributed by atoms with Gasteiger partial charge in [0.05, 0.1) is 17.8 Å². The molecule has 0 saturated heterocycles. The van der Waals surface area contributed by atoms with Gasteiger partial charge in [-0.15, -0.1) is 0 Å². The first-order valence-electron chi connectivity index (χ1n) is 10.5. The van der Waals surface area contributed by atoms with E-state index in [0.29, 0.717) is 16.9 Å². The predicted octanol–water partition coefficient (Wildman–Crippen LogP) is 3.06. The zero-order valence-corrected chi connectivity index (χ0v) is 17.2. The van der Waals surface area contributed by atoms with E-state index in [0.717, 1.165) is 19.3 Å². The third kappa shape index (κ3) is 4.82. The molecule has 1 aliphatic heterocycles. The lowest BCUT2D eigenvalue weighted by Crippen LogP contribution is -2.44. The van der Waals surface area contributed by atoms with E-state index in [2.05, 4.69) is 5.32 Å². The molecule has 0 aromatic heterocycles. The van der Waals surface area contributed by atoms with Crippen molar-refractivity contribution in [2.24, 2.45) is 0 Å². The number of anilines is 2. The highest BCUT2D eigenvalue weighted by molar-refractivity contribution is 6.10. The van der Waals surface area contributed by atoms with E-state index < -0.39 is 18.5 Å². The van der Waals surface area contributed by atoms with Crippen LogP contribution in [0, 0.1) is 0 Å². The van der Waals surface area contributed by atoms with Gasteiger partial charge in [-0.05, 0) is 55.0 Å². The molecule has 0 radical (unpaired) electrons. The first-order valence-corrected chi connectivity index (χ1v) is 10.5. The number of aryl methyl sites for hydroxylation is 2. The van der Waals surface area contributed by atoms with Crippen LogP contribution in [0.3, 0.4) is 0 Å². The fourth-order valence-corrected chi connectivity index (χ4v) is 4.01. The molecule has 1 aliphatic carbocycles. The van der Waals surface area contributed by atoms with E-state index in [1.165, 1.54) is 22.4 Å². The van der Waals surface area contributed by atoms with Crippen LogP contribution >= 0.6 is 0 Å². The van der Waals surface area contributed by atoms with Gasteiger partial charge < -0.3 is 10.1 Å². The van der Waals surface area contributed by atoms with Gasteiger partial charge in [0, 0.05) is 12.0 Å². The van der Waals surface area contributed by atoms with Crippen molar-refractivity contribution in [1.82, 2.24) is 0 Å². The fourth-order valence-electron chi connectivity index (χ4n) is 4.01. The second-order valence-electron chi connectivity index (χ2n) is 7.82. The first-order chi connectivity index (χ1) is 15.0. The molecule has 1 N–H and O–H groups in total. The number of ketones is 1. The Morgan fingerprint density at radius 3 is 2.58 bits per heavy atom. The molecular weight excluding hydrogens is 396 g/mol. The Morgan fingerprint density at radius 1 is 0.968 bits per heavy atom. The van der Waals surface area contributed by atoms with Gasteiger partial charge in [-0.25, -0.2) is 0 Å². The Kier molecular flexibility index (Phi) is 6.11. The van der Waals surface area contributed by atoms with Gasteiger partial charge in [0.25, 0.3) is 5.91 Å². The molecule has 7 nitrogen and oxygen atoms in total. The smallest absolute Gasteiger partial charge is 0.306 e. The third-order valence-electron chi connectivity index (χ3n) is 5.65. The molecule has 31 heavy (non-hydrogen) atoms. The number of fused-ring (bicyclic) bond motifs is 2.